The van der Waals surface area contributed by atoms with E-state index in [2.05, 4.69) is 10.2 Å². The number of carboxylic acid groups (broad SMARTS) is 1. The van der Waals surface area contributed by atoms with E-state index in [0.29, 0.717) is 46.3 Å². The number of aliphatic hydroxyl groups is 1. The molecule has 0 saturated carbocycles. The predicted molar refractivity (Wildman–Crippen MR) is 150 cm³/mol. The molecular formula is C30H37N3O5. The average molecular weight is 520 g/mol. The largest absolute Gasteiger partial charge is 0.479 e. The fourth-order valence-corrected chi connectivity index (χ4v) is 4.50. The number of azo groups is 1. The van der Waals surface area contributed by atoms with Crippen molar-refractivity contribution in [1.29, 1.82) is 0 Å². The standard InChI is InChI=1S/C30H37N3O5/c1-8-24(32-31-14-9-15-34)20-11-13-22-23(17-20)28(35)33(7)26(27(29(36)37)38-30(4,5)6)25(22)21-12-10-18(2)16-19(21)3/h8,10-13,16-17,27,34H,9,14-15H2,1-7H3,(H,36,37)/b24-8-,32-31?. The van der Waals surface area contributed by atoms with Crippen LogP contribution in [-0.4, -0.2) is 39.5 Å². The first kappa shape index (κ1) is 28.9. The van der Waals surface area contributed by atoms with Crippen LogP contribution in [-0.2, 0) is 16.6 Å². The molecule has 202 valence electrons. The van der Waals surface area contributed by atoms with Gasteiger partial charge in [0.2, 0.25) is 0 Å². The van der Waals surface area contributed by atoms with Gasteiger partial charge in [0, 0.05) is 30.2 Å². The van der Waals surface area contributed by atoms with Gasteiger partial charge in [0.25, 0.3) is 5.56 Å². The second-order valence-electron chi connectivity index (χ2n) is 10.4. The molecule has 0 aliphatic carbocycles. The number of benzene rings is 2. The summed E-state index contributed by atoms with van der Waals surface area (Å²) in [4.78, 5) is 26.3. The van der Waals surface area contributed by atoms with Gasteiger partial charge in [0.1, 0.15) is 0 Å². The van der Waals surface area contributed by atoms with Gasteiger partial charge in [-0.1, -0.05) is 42.0 Å². The van der Waals surface area contributed by atoms with Crippen molar-refractivity contribution in [3.05, 3.63) is 75.2 Å². The van der Waals surface area contributed by atoms with Gasteiger partial charge in [0.15, 0.2) is 6.10 Å². The molecule has 0 saturated heterocycles. The second-order valence-corrected chi connectivity index (χ2v) is 10.4. The Kier molecular flexibility index (Phi) is 9.01. The van der Waals surface area contributed by atoms with Crippen LogP contribution in [0.4, 0.5) is 0 Å². The number of hydrogen-bond donors (Lipinski definition) is 2. The zero-order chi connectivity index (χ0) is 28.2. The second kappa shape index (κ2) is 11.8. The minimum Gasteiger partial charge on any atom is -0.479 e. The number of ether oxygens (including phenoxy) is 1. The molecule has 0 spiro atoms. The Labute approximate surface area is 223 Å². The minimum atomic E-state index is -1.36. The summed E-state index contributed by atoms with van der Waals surface area (Å²) in [6.45, 7) is 11.6. The third-order valence-corrected chi connectivity index (χ3v) is 6.20. The zero-order valence-corrected chi connectivity index (χ0v) is 23.2. The summed E-state index contributed by atoms with van der Waals surface area (Å²) in [6.07, 6.45) is 0.965. The highest BCUT2D eigenvalue weighted by Gasteiger charge is 2.33. The van der Waals surface area contributed by atoms with Gasteiger partial charge in [-0.25, -0.2) is 4.79 Å². The van der Waals surface area contributed by atoms with Gasteiger partial charge in [-0.3, -0.25) is 4.79 Å². The number of fused-ring (bicyclic) bond motifs is 1. The number of pyridine rings is 1. The average Bonchev–Trinajstić information content (AvgIpc) is 2.84. The molecule has 3 rings (SSSR count). The van der Waals surface area contributed by atoms with E-state index in [1.54, 1.807) is 33.9 Å². The van der Waals surface area contributed by atoms with Crippen molar-refractivity contribution in [2.75, 3.05) is 13.2 Å². The molecule has 3 aromatic rings. The first-order valence-corrected chi connectivity index (χ1v) is 12.7. The fourth-order valence-electron chi connectivity index (χ4n) is 4.50. The number of hydrogen-bond acceptors (Lipinski definition) is 6. The first-order valence-electron chi connectivity index (χ1n) is 12.7. The van der Waals surface area contributed by atoms with E-state index in [4.69, 9.17) is 9.84 Å². The molecule has 1 atom stereocenters. The van der Waals surface area contributed by atoms with Crippen molar-refractivity contribution in [3.63, 3.8) is 0 Å². The Morgan fingerprint density at radius 3 is 2.42 bits per heavy atom. The summed E-state index contributed by atoms with van der Waals surface area (Å²) in [5, 5.41) is 28.7. The van der Waals surface area contributed by atoms with Gasteiger partial charge >= 0.3 is 5.97 Å². The van der Waals surface area contributed by atoms with Gasteiger partial charge in [0.05, 0.1) is 23.5 Å². The van der Waals surface area contributed by atoms with E-state index in [0.717, 1.165) is 16.7 Å². The maximum Gasteiger partial charge on any atom is 0.339 e. The number of rotatable bonds is 9. The molecular weight excluding hydrogens is 482 g/mol. The van der Waals surface area contributed by atoms with E-state index in [1.807, 2.05) is 57.2 Å². The van der Waals surface area contributed by atoms with E-state index >= 15 is 0 Å². The smallest absolute Gasteiger partial charge is 0.339 e. The Bertz CT molecular complexity index is 1460. The topological polar surface area (TPSA) is 113 Å². The highest BCUT2D eigenvalue weighted by Crippen LogP contribution is 2.39. The molecule has 0 aliphatic heterocycles. The molecule has 0 radical (unpaired) electrons. The summed E-state index contributed by atoms with van der Waals surface area (Å²) in [6, 6.07) is 11.4. The van der Waals surface area contributed by atoms with Gasteiger partial charge in [-0.2, -0.15) is 10.2 Å². The van der Waals surface area contributed by atoms with Crippen LogP contribution in [0.25, 0.3) is 27.6 Å². The lowest BCUT2D eigenvalue weighted by Crippen LogP contribution is -2.33. The highest BCUT2D eigenvalue weighted by molar-refractivity contribution is 6.00. The molecule has 0 amide bonds. The quantitative estimate of drug-likeness (QED) is 0.268. The normalized spacial score (nSPS) is 13.4. The van der Waals surface area contributed by atoms with E-state index in [9.17, 15) is 14.7 Å². The molecule has 8 heteroatoms. The Balaban J connectivity index is 2.40. The van der Waals surface area contributed by atoms with Gasteiger partial charge < -0.3 is 19.5 Å². The van der Waals surface area contributed by atoms with Crippen molar-refractivity contribution in [2.24, 2.45) is 17.3 Å². The third-order valence-electron chi connectivity index (χ3n) is 6.20. The SMILES string of the molecule is C/C=C(\N=NCCCO)c1ccc2c(-c3ccc(C)cc3C)c(C(OC(C)(C)C)C(=O)O)n(C)c(=O)c2c1. The molecule has 0 bridgehead atoms. The van der Waals surface area contributed by atoms with Crippen LogP contribution in [0.1, 0.15) is 62.6 Å². The van der Waals surface area contributed by atoms with Crippen LogP contribution in [0.5, 0.6) is 0 Å². The molecule has 2 aromatic carbocycles. The number of aliphatic hydroxyl groups excluding tert-OH is 1. The lowest BCUT2D eigenvalue weighted by molar-refractivity contribution is -0.161. The molecule has 1 unspecified atom stereocenters. The molecule has 0 aliphatic rings. The highest BCUT2D eigenvalue weighted by atomic mass is 16.5. The Morgan fingerprint density at radius 2 is 1.84 bits per heavy atom. The molecule has 2 N–H and O–H groups in total. The van der Waals surface area contributed by atoms with Crippen LogP contribution in [0.2, 0.25) is 0 Å². The number of carboxylic acids is 1. The maximum atomic E-state index is 13.7. The molecule has 1 aromatic heterocycles. The lowest BCUT2D eigenvalue weighted by Gasteiger charge is -2.29. The van der Waals surface area contributed by atoms with Crippen LogP contribution in [0.3, 0.4) is 0 Å². The van der Waals surface area contributed by atoms with Crippen LogP contribution in [0, 0.1) is 13.8 Å². The third kappa shape index (κ3) is 6.26. The van der Waals surface area contributed by atoms with Crippen molar-refractivity contribution >= 4 is 22.4 Å². The zero-order valence-electron chi connectivity index (χ0n) is 23.2. The van der Waals surface area contributed by atoms with Crippen LogP contribution in [0.15, 0.2) is 57.5 Å². The number of allylic oxidation sites excluding steroid dienone is 1. The lowest BCUT2D eigenvalue weighted by atomic mass is 9.90. The number of aryl methyl sites for hydroxylation is 2. The van der Waals surface area contributed by atoms with Gasteiger partial charge in [-0.05, 0) is 70.5 Å². The fraction of sp³-hybridized carbons (Fsp3) is 0.400. The summed E-state index contributed by atoms with van der Waals surface area (Å²) < 4.78 is 7.42. The molecule has 0 fully saturated rings. The summed E-state index contributed by atoms with van der Waals surface area (Å²) >= 11 is 0. The van der Waals surface area contributed by atoms with E-state index in [-0.39, 0.29) is 12.2 Å². The number of aliphatic carboxylic acids is 1. The van der Waals surface area contributed by atoms with Crippen molar-refractivity contribution in [2.45, 2.75) is 59.7 Å². The molecule has 8 nitrogen and oxygen atoms in total. The molecule has 1 heterocycles. The van der Waals surface area contributed by atoms with Crippen molar-refractivity contribution in [1.82, 2.24) is 4.57 Å². The summed E-state index contributed by atoms with van der Waals surface area (Å²) in [7, 11) is 1.59. The van der Waals surface area contributed by atoms with E-state index < -0.39 is 17.7 Å². The Morgan fingerprint density at radius 1 is 1.13 bits per heavy atom. The summed E-state index contributed by atoms with van der Waals surface area (Å²) in [5.41, 5.74) is 4.03. The van der Waals surface area contributed by atoms with Crippen molar-refractivity contribution in [3.8, 4) is 11.1 Å². The predicted octanol–water partition coefficient (Wildman–Crippen LogP) is 5.96. The summed E-state index contributed by atoms with van der Waals surface area (Å²) in [5.74, 6) is -1.17. The van der Waals surface area contributed by atoms with Crippen molar-refractivity contribution < 1.29 is 19.7 Å². The monoisotopic (exact) mass is 519 g/mol. The number of nitrogens with zero attached hydrogens (tertiary/aromatic N) is 3. The number of carbonyl (C=O) groups is 1. The van der Waals surface area contributed by atoms with E-state index in [1.165, 1.54) is 4.57 Å². The Hall–Kier alpha value is -3.62. The first-order chi connectivity index (χ1) is 17.9. The minimum absolute atomic E-state index is 0.0377. The van der Waals surface area contributed by atoms with Crippen LogP contribution < -0.4 is 5.56 Å². The number of aromatic nitrogens is 1. The van der Waals surface area contributed by atoms with Crippen LogP contribution >= 0.6 is 0 Å². The maximum absolute atomic E-state index is 13.7. The van der Waals surface area contributed by atoms with Gasteiger partial charge in [-0.15, -0.1) is 0 Å². The molecule has 38 heavy (non-hydrogen) atoms.